The van der Waals surface area contributed by atoms with Crippen molar-refractivity contribution in [3.63, 3.8) is 0 Å². The first-order valence-corrected chi connectivity index (χ1v) is 5.14. The van der Waals surface area contributed by atoms with Crippen molar-refractivity contribution in [2.45, 2.75) is 32.2 Å². The zero-order valence-electron chi connectivity index (χ0n) is 8.33. The Hall–Kier alpha value is -1.12. The fraction of sp³-hybridized carbons (Fsp3) is 0.545. The van der Waals surface area contributed by atoms with Crippen molar-refractivity contribution in [2.24, 2.45) is 5.92 Å². The lowest BCUT2D eigenvalue weighted by Gasteiger charge is -2.17. The molecule has 1 heterocycles. The number of nitrogens with zero attached hydrogens (tertiary/aromatic N) is 1. The second kappa shape index (κ2) is 3.95. The van der Waals surface area contributed by atoms with Gasteiger partial charge in [-0.15, -0.1) is 0 Å². The zero-order chi connectivity index (χ0) is 9.97. The third kappa shape index (κ3) is 1.86. The predicted octanol–water partition coefficient (Wildman–Crippen LogP) is 2.82. The number of halogens is 1. The van der Waals surface area contributed by atoms with Crippen molar-refractivity contribution in [3.05, 3.63) is 24.1 Å². The lowest BCUT2D eigenvalue weighted by Crippen LogP contribution is -2.23. The minimum atomic E-state index is -0.258. The Morgan fingerprint density at radius 1 is 1.50 bits per heavy atom. The van der Waals surface area contributed by atoms with Gasteiger partial charge in [-0.1, -0.05) is 13.3 Å². The summed E-state index contributed by atoms with van der Waals surface area (Å²) in [5, 5.41) is 3.17. The van der Waals surface area contributed by atoms with E-state index in [1.807, 2.05) is 0 Å². The Morgan fingerprint density at radius 2 is 2.36 bits per heavy atom. The van der Waals surface area contributed by atoms with Gasteiger partial charge in [0.15, 0.2) is 11.6 Å². The largest absolute Gasteiger partial charge is 0.365 e. The molecule has 0 radical (unpaired) electrons. The highest BCUT2D eigenvalue weighted by atomic mass is 19.1. The Labute approximate surface area is 83.6 Å². The van der Waals surface area contributed by atoms with E-state index in [-0.39, 0.29) is 5.82 Å². The van der Waals surface area contributed by atoms with Gasteiger partial charge in [-0.3, -0.25) is 0 Å². The van der Waals surface area contributed by atoms with Gasteiger partial charge in [-0.2, -0.15) is 0 Å². The maximum Gasteiger partial charge on any atom is 0.165 e. The molecule has 1 N–H and O–H groups in total. The predicted molar refractivity (Wildman–Crippen MR) is 54.6 cm³/mol. The van der Waals surface area contributed by atoms with Crippen molar-refractivity contribution < 1.29 is 4.39 Å². The zero-order valence-corrected chi connectivity index (χ0v) is 8.33. The van der Waals surface area contributed by atoms with E-state index >= 15 is 0 Å². The third-order valence-electron chi connectivity index (χ3n) is 2.94. The van der Waals surface area contributed by atoms with Crippen LogP contribution in [0.5, 0.6) is 0 Å². The second-order valence-electron chi connectivity index (χ2n) is 3.99. The minimum absolute atomic E-state index is 0.258. The van der Waals surface area contributed by atoms with Crippen LogP contribution in [0, 0.1) is 11.7 Å². The van der Waals surface area contributed by atoms with E-state index in [9.17, 15) is 4.39 Å². The fourth-order valence-electron chi connectivity index (χ4n) is 2.03. The Morgan fingerprint density at radius 3 is 3.00 bits per heavy atom. The summed E-state index contributed by atoms with van der Waals surface area (Å²) < 4.78 is 13.2. The van der Waals surface area contributed by atoms with Crippen LogP contribution in [-0.4, -0.2) is 11.0 Å². The van der Waals surface area contributed by atoms with Gasteiger partial charge < -0.3 is 5.32 Å². The van der Waals surface area contributed by atoms with Gasteiger partial charge in [-0.05, 0) is 30.9 Å². The van der Waals surface area contributed by atoms with E-state index in [1.54, 1.807) is 12.3 Å². The summed E-state index contributed by atoms with van der Waals surface area (Å²) in [6.07, 6.45) is 5.20. The number of anilines is 1. The molecule has 0 aliphatic heterocycles. The average molecular weight is 194 g/mol. The first kappa shape index (κ1) is 9.44. The van der Waals surface area contributed by atoms with Gasteiger partial charge in [0.05, 0.1) is 0 Å². The van der Waals surface area contributed by atoms with Gasteiger partial charge in [-0.25, -0.2) is 9.37 Å². The van der Waals surface area contributed by atoms with Crippen molar-refractivity contribution in [2.75, 3.05) is 5.32 Å². The highest BCUT2D eigenvalue weighted by Gasteiger charge is 2.23. The molecule has 1 aliphatic carbocycles. The molecule has 0 bridgehead atoms. The van der Waals surface area contributed by atoms with Crippen LogP contribution < -0.4 is 5.32 Å². The second-order valence-corrected chi connectivity index (χ2v) is 3.99. The van der Waals surface area contributed by atoms with E-state index in [1.165, 1.54) is 18.9 Å². The van der Waals surface area contributed by atoms with Crippen LogP contribution in [0.25, 0.3) is 0 Å². The highest BCUT2D eigenvalue weighted by Crippen LogP contribution is 2.27. The number of nitrogens with one attached hydrogen (secondary N) is 1. The quantitative estimate of drug-likeness (QED) is 0.783. The topological polar surface area (TPSA) is 24.9 Å². The standard InChI is InChI=1S/C11H15FN2/c1-8-4-2-6-10(8)14-11-9(12)5-3-7-13-11/h3,5,7-8,10H,2,4,6H2,1H3,(H,13,14). The molecule has 1 aromatic heterocycles. The molecule has 0 amide bonds. The van der Waals surface area contributed by atoms with Gasteiger partial charge in [0.1, 0.15) is 0 Å². The molecular weight excluding hydrogens is 179 g/mol. The van der Waals surface area contributed by atoms with Crippen LogP contribution in [-0.2, 0) is 0 Å². The van der Waals surface area contributed by atoms with Crippen LogP contribution >= 0.6 is 0 Å². The first-order valence-electron chi connectivity index (χ1n) is 5.14. The molecule has 2 unspecified atom stereocenters. The van der Waals surface area contributed by atoms with Crippen LogP contribution in [0.4, 0.5) is 10.2 Å². The molecule has 0 spiro atoms. The molecule has 1 saturated carbocycles. The van der Waals surface area contributed by atoms with Gasteiger partial charge in [0, 0.05) is 12.2 Å². The maximum absolute atomic E-state index is 13.2. The Bertz CT molecular complexity index is 314. The number of hydrogen-bond acceptors (Lipinski definition) is 2. The van der Waals surface area contributed by atoms with E-state index in [2.05, 4.69) is 17.2 Å². The summed E-state index contributed by atoms with van der Waals surface area (Å²) in [6.45, 7) is 2.20. The smallest absolute Gasteiger partial charge is 0.165 e. The van der Waals surface area contributed by atoms with E-state index < -0.39 is 0 Å². The number of hydrogen-bond donors (Lipinski definition) is 1. The normalized spacial score (nSPS) is 26.4. The van der Waals surface area contributed by atoms with Crippen LogP contribution in [0.3, 0.4) is 0 Å². The van der Waals surface area contributed by atoms with Gasteiger partial charge >= 0.3 is 0 Å². The molecule has 1 aromatic rings. The summed E-state index contributed by atoms with van der Waals surface area (Å²) in [5.74, 6) is 0.759. The van der Waals surface area contributed by atoms with E-state index in [0.717, 1.165) is 6.42 Å². The Balaban J connectivity index is 2.07. The molecule has 14 heavy (non-hydrogen) atoms. The SMILES string of the molecule is CC1CCCC1Nc1ncccc1F. The first-order chi connectivity index (χ1) is 6.77. The van der Waals surface area contributed by atoms with Crippen molar-refractivity contribution in [3.8, 4) is 0 Å². The summed E-state index contributed by atoms with van der Waals surface area (Å²) in [5.41, 5.74) is 0. The monoisotopic (exact) mass is 194 g/mol. The molecule has 1 aliphatic rings. The third-order valence-corrected chi connectivity index (χ3v) is 2.94. The number of aromatic nitrogens is 1. The number of pyridine rings is 1. The molecule has 0 saturated heterocycles. The molecule has 2 rings (SSSR count). The van der Waals surface area contributed by atoms with Crippen LogP contribution in [0.2, 0.25) is 0 Å². The molecule has 0 aromatic carbocycles. The molecule has 2 atom stereocenters. The molecule has 1 fully saturated rings. The molecule has 2 nitrogen and oxygen atoms in total. The lowest BCUT2D eigenvalue weighted by molar-refractivity contribution is 0.546. The fourth-order valence-corrected chi connectivity index (χ4v) is 2.03. The van der Waals surface area contributed by atoms with E-state index in [0.29, 0.717) is 17.8 Å². The lowest BCUT2D eigenvalue weighted by atomic mass is 10.1. The summed E-state index contributed by atoms with van der Waals surface area (Å²) >= 11 is 0. The van der Waals surface area contributed by atoms with Crippen molar-refractivity contribution in [1.82, 2.24) is 4.98 Å². The van der Waals surface area contributed by atoms with Crippen molar-refractivity contribution >= 4 is 5.82 Å². The van der Waals surface area contributed by atoms with Gasteiger partial charge in [0.2, 0.25) is 0 Å². The molecule has 76 valence electrons. The van der Waals surface area contributed by atoms with Crippen molar-refractivity contribution in [1.29, 1.82) is 0 Å². The molecular formula is C11H15FN2. The summed E-state index contributed by atoms with van der Waals surface area (Å²) in [4.78, 5) is 3.99. The summed E-state index contributed by atoms with van der Waals surface area (Å²) in [7, 11) is 0. The number of rotatable bonds is 2. The van der Waals surface area contributed by atoms with Crippen LogP contribution in [0.1, 0.15) is 26.2 Å². The van der Waals surface area contributed by atoms with Gasteiger partial charge in [0.25, 0.3) is 0 Å². The average Bonchev–Trinajstić information content (AvgIpc) is 2.56. The highest BCUT2D eigenvalue weighted by molar-refractivity contribution is 5.37. The molecule has 3 heteroatoms. The minimum Gasteiger partial charge on any atom is -0.365 e. The van der Waals surface area contributed by atoms with E-state index in [4.69, 9.17) is 0 Å². The maximum atomic E-state index is 13.2. The van der Waals surface area contributed by atoms with Crippen LogP contribution in [0.15, 0.2) is 18.3 Å². The summed E-state index contributed by atoms with van der Waals surface area (Å²) in [6, 6.07) is 3.44. The Kier molecular flexibility index (Phi) is 2.66.